The highest BCUT2D eigenvalue weighted by atomic mass is 32.1. The predicted molar refractivity (Wildman–Crippen MR) is 138 cm³/mol. The summed E-state index contributed by atoms with van der Waals surface area (Å²) in [5.74, 6) is 0. The molecule has 1 fully saturated rings. The lowest BCUT2D eigenvalue weighted by Gasteiger charge is -2.31. The average molecular weight is 467 g/mol. The molecule has 0 aromatic heterocycles. The molecule has 2 N–H and O–H groups in total. The van der Waals surface area contributed by atoms with Crippen molar-refractivity contribution >= 4 is 28.7 Å². The van der Waals surface area contributed by atoms with Gasteiger partial charge in [0.1, 0.15) is 5.66 Å². The lowest BCUT2D eigenvalue weighted by molar-refractivity contribution is -0.384. The van der Waals surface area contributed by atoms with E-state index in [2.05, 4.69) is 59.3 Å². The van der Waals surface area contributed by atoms with Crippen LogP contribution in [0.2, 0.25) is 0 Å². The number of thiocarbonyl (C=S) groups is 1. The molecule has 1 saturated heterocycles. The Kier molecular flexibility index (Phi) is 5.79. The molecule has 0 amide bonds. The van der Waals surface area contributed by atoms with Gasteiger partial charge in [-0.15, -0.1) is 0 Å². The molecule has 0 radical (unpaired) electrons. The normalized spacial score (nSPS) is 17.4. The quantitative estimate of drug-likeness (QED) is 0.220. The maximum atomic E-state index is 11.1. The van der Waals surface area contributed by atoms with Gasteiger partial charge in [0.15, 0.2) is 5.11 Å². The second kappa shape index (κ2) is 9.05. The molecule has 0 spiro atoms. The average Bonchev–Trinajstić information content (AvgIpc) is 3.22. The minimum Gasteiger partial charge on any atom is -0.338 e. The molecule has 1 aliphatic rings. The molecule has 34 heavy (non-hydrogen) atoms. The molecule has 0 bridgehead atoms. The maximum absolute atomic E-state index is 11.1. The van der Waals surface area contributed by atoms with Crippen LogP contribution in [-0.4, -0.2) is 10.0 Å². The van der Waals surface area contributed by atoms with Crippen molar-refractivity contribution in [3.05, 3.63) is 130 Å². The molecule has 7 heteroatoms. The first kappa shape index (κ1) is 21.8. The minimum absolute atomic E-state index is 0.0360. The number of rotatable bonds is 6. The van der Waals surface area contributed by atoms with Gasteiger partial charge in [-0.1, -0.05) is 84.9 Å². The van der Waals surface area contributed by atoms with Crippen LogP contribution in [0.25, 0.3) is 11.1 Å². The molecule has 0 aliphatic carbocycles. The molecule has 1 aliphatic heterocycles. The highest BCUT2D eigenvalue weighted by molar-refractivity contribution is 7.80. The number of hydrazine groups is 1. The van der Waals surface area contributed by atoms with Crippen LogP contribution in [0.15, 0.2) is 109 Å². The number of nitro groups is 1. The number of hydrogen-bond acceptors (Lipinski definition) is 4. The van der Waals surface area contributed by atoms with Gasteiger partial charge < -0.3 is 5.32 Å². The smallest absolute Gasteiger partial charge is 0.269 e. The summed E-state index contributed by atoms with van der Waals surface area (Å²) in [7, 11) is 0. The van der Waals surface area contributed by atoms with E-state index in [1.807, 2.05) is 36.4 Å². The van der Waals surface area contributed by atoms with E-state index in [0.29, 0.717) is 11.5 Å². The van der Waals surface area contributed by atoms with Crippen molar-refractivity contribution in [2.75, 3.05) is 5.01 Å². The Hall–Kier alpha value is -4.07. The summed E-state index contributed by atoms with van der Waals surface area (Å²) >= 11 is 5.69. The third-order valence-electron chi connectivity index (χ3n) is 5.94. The second-order valence-electron chi connectivity index (χ2n) is 8.16. The SMILES string of the molecule is O=[N+]([O-])c1ccc(N2N[C@](Cc3ccccc3)(c3ccc(-c4ccccc4)cc3)NC2=S)cc1. The molecule has 168 valence electrons. The summed E-state index contributed by atoms with van der Waals surface area (Å²) in [6.07, 6.45) is 0.641. The van der Waals surface area contributed by atoms with Crippen LogP contribution >= 0.6 is 12.2 Å². The van der Waals surface area contributed by atoms with E-state index in [1.54, 1.807) is 17.1 Å². The molecule has 0 unspecified atom stereocenters. The Bertz CT molecular complexity index is 1310. The molecule has 1 atom stereocenters. The third-order valence-corrected chi connectivity index (χ3v) is 6.23. The number of nitrogens with one attached hydrogen (secondary N) is 2. The fourth-order valence-corrected chi connectivity index (χ4v) is 4.54. The maximum Gasteiger partial charge on any atom is 0.269 e. The van der Waals surface area contributed by atoms with Crippen LogP contribution in [0, 0.1) is 10.1 Å². The molecule has 5 rings (SSSR count). The Morgan fingerprint density at radius 3 is 2.00 bits per heavy atom. The van der Waals surface area contributed by atoms with Gasteiger partial charge in [-0.2, -0.15) is 5.43 Å². The van der Waals surface area contributed by atoms with E-state index in [4.69, 9.17) is 12.2 Å². The Morgan fingerprint density at radius 2 is 1.38 bits per heavy atom. The van der Waals surface area contributed by atoms with Gasteiger partial charge in [0.25, 0.3) is 5.69 Å². The summed E-state index contributed by atoms with van der Waals surface area (Å²) < 4.78 is 0. The van der Waals surface area contributed by atoms with Crippen molar-refractivity contribution in [3.63, 3.8) is 0 Å². The van der Waals surface area contributed by atoms with Crippen LogP contribution in [0.3, 0.4) is 0 Å². The highest BCUT2D eigenvalue weighted by Crippen LogP contribution is 2.32. The van der Waals surface area contributed by atoms with Gasteiger partial charge in [-0.25, -0.2) is 5.01 Å². The van der Waals surface area contributed by atoms with Crippen molar-refractivity contribution < 1.29 is 4.92 Å². The summed E-state index contributed by atoms with van der Waals surface area (Å²) in [4.78, 5) is 10.6. The Morgan fingerprint density at radius 1 is 0.794 bits per heavy atom. The largest absolute Gasteiger partial charge is 0.338 e. The van der Waals surface area contributed by atoms with E-state index >= 15 is 0 Å². The lowest BCUT2D eigenvalue weighted by Crippen LogP contribution is -2.50. The van der Waals surface area contributed by atoms with Crippen LogP contribution in [0.5, 0.6) is 0 Å². The van der Waals surface area contributed by atoms with Gasteiger partial charge >= 0.3 is 0 Å². The molecule has 4 aromatic carbocycles. The molecular weight excluding hydrogens is 444 g/mol. The zero-order valence-corrected chi connectivity index (χ0v) is 19.0. The molecule has 6 nitrogen and oxygen atoms in total. The highest BCUT2D eigenvalue weighted by Gasteiger charge is 2.42. The van der Waals surface area contributed by atoms with Crippen molar-refractivity contribution in [1.29, 1.82) is 0 Å². The monoisotopic (exact) mass is 466 g/mol. The van der Waals surface area contributed by atoms with Crippen molar-refractivity contribution in [2.24, 2.45) is 0 Å². The van der Waals surface area contributed by atoms with Gasteiger partial charge in [0, 0.05) is 18.6 Å². The van der Waals surface area contributed by atoms with Crippen LogP contribution in [-0.2, 0) is 12.1 Å². The van der Waals surface area contributed by atoms with E-state index in [1.165, 1.54) is 12.1 Å². The first-order chi connectivity index (χ1) is 16.5. The van der Waals surface area contributed by atoms with E-state index in [-0.39, 0.29) is 5.69 Å². The standard InChI is InChI=1S/C27H22N4O2S/c32-31(33)25-17-15-24(16-18-25)30-26(34)28-27(29-30,19-20-7-3-1-4-8-20)23-13-11-22(12-14-23)21-9-5-2-6-10-21/h1-18,29H,19H2,(H,28,34)/t27-/m1/s1. The molecule has 1 heterocycles. The fourth-order valence-electron chi connectivity index (χ4n) is 4.22. The van der Waals surface area contributed by atoms with Gasteiger partial charge in [0.05, 0.1) is 10.6 Å². The summed E-state index contributed by atoms with van der Waals surface area (Å²) in [5, 5.41) is 16.8. The number of anilines is 1. The molecule has 4 aromatic rings. The van der Waals surface area contributed by atoms with E-state index in [9.17, 15) is 10.1 Å². The lowest BCUT2D eigenvalue weighted by atomic mass is 9.91. The first-order valence-corrected chi connectivity index (χ1v) is 11.3. The number of nitro benzene ring substituents is 1. The number of nitrogens with zero attached hydrogens (tertiary/aromatic N) is 2. The number of hydrogen-bond donors (Lipinski definition) is 2. The molecular formula is C27H22N4O2S. The predicted octanol–water partition coefficient (Wildman–Crippen LogP) is 5.56. The summed E-state index contributed by atoms with van der Waals surface area (Å²) in [5.41, 5.74) is 8.08. The van der Waals surface area contributed by atoms with Crippen LogP contribution < -0.4 is 15.8 Å². The van der Waals surface area contributed by atoms with Gasteiger partial charge in [-0.3, -0.25) is 10.1 Å². The van der Waals surface area contributed by atoms with Crippen LogP contribution in [0.1, 0.15) is 11.1 Å². The summed E-state index contributed by atoms with van der Waals surface area (Å²) in [6.45, 7) is 0. The molecule has 0 saturated carbocycles. The van der Waals surface area contributed by atoms with Crippen molar-refractivity contribution in [3.8, 4) is 11.1 Å². The fraction of sp³-hybridized carbons (Fsp3) is 0.0741. The number of non-ortho nitro benzene ring substituents is 1. The first-order valence-electron chi connectivity index (χ1n) is 10.9. The van der Waals surface area contributed by atoms with Gasteiger partial charge in [-0.05, 0) is 46.6 Å². The topological polar surface area (TPSA) is 70.4 Å². The zero-order chi connectivity index (χ0) is 23.5. The zero-order valence-electron chi connectivity index (χ0n) is 18.2. The minimum atomic E-state index is -0.685. The van der Waals surface area contributed by atoms with E-state index < -0.39 is 10.6 Å². The third kappa shape index (κ3) is 4.26. The van der Waals surface area contributed by atoms with Crippen molar-refractivity contribution in [2.45, 2.75) is 12.1 Å². The number of benzene rings is 4. The van der Waals surface area contributed by atoms with Gasteiger partial charge in [0.2, 0.25) is 0 Å². The van der Waals surface area contributed by atoms with E-state index in [0.717, 1.165) is 27.9 Å². The Balaban J connectivity index is 1.51. The van der Waals surface area contributed by atoms with Crippen molar-refractivity contribution in [1.82, 2.24) is 10.7 Å². The second-order valence-corrected chi connectivity index (χ2v) is 8.55. The summed E-state index contributed by atoms with van der Waals surface area (Å²) in [6, 6.07) is 35.2. The van der Waals surface area contributed by atoms with Crippen LogP contribution in [0.4, 0.5) is 11.4 Å². The Labute approximate surface area is 203 Å².